The maximum atomic E-state index is 7.47. The van der Waals surface area contributed by atoms with Crippen LogP contribution >= 0.6 is 0 Å². The average molecular weight is 1150 g/mol. The van der Waals surface area contributed by atoms with Crippen molar-refractivity contribution in [1.82, 2.24) is 0 Å². The zero-order valence-electron chi connectivity index (χ0n) is 50.9. The van der Waals surface area contributed by atoms with Gasteiger partial charge in [0.05, 0.1) is 28.2 Å². The normalized spacial score (nSPS) is 15.2. The van der Waals surface area contributed by atoms with Gasteiger partial charge in [0.2, 0.25) is 0 Å². The van der Waals surface area contributed by atoms with Gasteiger partial charge in [0.15, 0.2) is 11.2 Å². The van der Waals surface area contributed by atoms with Crippen LogP contribution in [0.1, 0.15) is 134 Å². The molecule has 14 aromatic rings. The van der Waals surface area contributed by atoms with Crippen LogP contribution in [-0.4, -0.2) is 0 Å². The number of anilines is 6. The van der Waals surface area contributed by atoms with Gasteiger partial charge in [0, 0.05) is 43.7 Å². The maximum absolute atomic E-state index is 7.47. The van der Waals surface area contributed by atoms with Gasteiger partial charge in [-0.3, -0.25) is 0 Å². The number of fused-ring (bicyclic) bond motifs is 13. The summed E-state index contributed by atoms with van der Waals surface area (Å²) in [4.78, 5) is 5.05. The Hall–Kier alpha value is -9.64. The molecule has 434 valence electrons. The lowest BCUT2D eigenvalue weighted by molar-refractivity contribution is 0.442. The van der Waals surface area contributed by atoms with Crippen molar-refractivity contribution < 1.29 is 8.83 Å². The Morgan fingerprint density at radius 3 is 1.07 bits per heavy atom. The van der Waals surface area contributed by atoms with E-state index in [1.807, 2.05) is 0 Å². The van der Waals surface area contributed by atoms with Crippen LogP contribution in [0.3, 0.4) is 0 Å². The molecule has 0 aliphatic heterocycles. The van der Waals surface area contributed by atoms with Gasteiger partial charge < -0.3 is 18.6 Å². The molecule has 12 aromatic carbocycles. The summed E-state index contributed by atoms with van der Waals surface area (Å²) in [5.41, 5.74) is 22.1. The Labute approximate surface area is 521 Å². The van der Waals surface area contributed by atoms with E-state index < -0.39 is 5.41 Å². The Morgan fingerprint density at radius 2 is 0.674 bits per heavy atom. The number of benzene rings is 12. The van der Waals surface area contributed by atoms with Crippen molar-refractivity contribution in [2.24, 2.45) is 0 Å². The lowest BCUT2D eigenvalue weighted by Gasteiger charge is -2.36. The van der Waals surface area contributed by atoms with Crippen LogP contribution in [0.25, 0.3) is 76.5 Å². The van der Waals surface area contributed by atoms with E-state index in [1.54, 1.807) is 0 Å². The predicted octanol–water partition coefficient (Wildman–Crippen LogP) is 24.3. The third-order valence-corrected chi connectivity index (χ3v) is 20.8. The fourth-order valence-corrected chi connectivity index (χ4v) is 16.6. The zero-order chi connectivity index (χ0) is 59.2. The van der Waals surface area contributed by atoms with Crippen LogP contribution in [0.4, 0.5) is 34.1 Å². The first-order valence-corrected chi connectivity index (χ1v) is 33.0. The zero-order valence-corrected chi connectivity index (χ0v) is 50.9. The van der Waals surface area contributed by atoms with Crippen LogP contribution in [0.2, 0.25) is 0 Å². The molecule has 0 amide bonds. The molecule has 3 aliphatic rings. The Bertz CT molecular complexity index is 4680. The van der Waals surface area contributed by atoms with Gasteiger partial charge in [-0.2, -0.15) is 0 Å². The highest BCUT2D eigenvalue weighted by atomic mass is 16.3. The molecule has 0 spiro atoms. The monoisotopic (exact) mass is 1150 g/mol. The minimum absolute atomic E-state index is 0.490. The number of hydrogen-bond donors (Lipinski definition) is 0. The van der Waals surface area contributed by atoms with E-state index in [4.69, 9.17) is 8.83 Å². The van der Waals surface area contributed by atoms with Crippen LogP contribution in [0.15, 0.2) is 251 Å². The van der Waals surface area contributed by atoms with Crippen molar-refractivity contribution in [1.29, 1.82) is 0 Å². The van der Waals surface area contributed by atoms with E-state index in [2.05, 4.69) is 266 Å². The Balaban J connectivity index is 0.974. The second-order valence-electron chi connectivity index (χ2n) is 25.6. The summed E-state index contributed by atoms with van der Waals surface area (Å²) in [5.74, 6) is 0.980. The SMILES string of the molecule is CCc1ccc(N(c2cc3c(c4ccccc24)-c2c(cc(N(c4ccc(CC)cc4)c4cccc5c4oc4c(C6CCCCC6)cccc45)c4ccccc24)C3(c2ccccc2)c2ccccc2)c2cccc3c2oc2c(C4CCCCC4)cccc23)cc1. The molecule has 89 heavy (non-hydrogen) atoms. The number of furan rings is 2. The number of hydrogen-bond acceptors (Lipinski definition) is 4. The number of para-hydroxylation sites is 4. The van der Waals surface area contributed by atoms with Gasteiger partial charge in [0.25, 0.3) is 0 Å². The molecule has 4 nitrogen and oxygen atoms in total. The smallest absolute Gasteiger partial charge is 0.159 e. The summed E-state index contributed by atoms with van der Waals surface area (Å²) in [6.45, 7) is 4.49. The molecular weight excluding hydrogens is 1080 g/mol. The first-order valence-electron chi connectivity index (χ1n) is 33.0. The van der Waals surface area contributed by atoms with Gasteiger partial charge in [-0.1, -0.05) is 246 Å². The van der Waals surface area contributed by atoms with Crippen molar-refractivity contribution in [3.05, 3.63) is 287 Å². The fourth-order valence-electron chi connectivity index (χ4n) is 16.6. The molecule has 2 aromatic heterocycles. The van der Waals surface area contributed by atoms with E-state index in [0.29, 0.717) is 11.8 Å². The van der Waals surface area contributed by atoms with Crippen molar-refractivity contribution in [2.75, 3.05) is 9.80 Å². The molecule has 3 aliphatic carbocycles. The van der Waals surface area contributed by atoms with Crippen LogP contribution in [-0.2, 0) is 18.3 Å². The minimum atomic E-state index is -0.819. The van der Waals surface area contributed by atoms with E-state index in [1.165, 1.54) is 152 Å². The summed E-state index contributed by atoms with van der Waals surface area (Å²) in [7, 11) is 0. The lowest BCUT2D eigenvalue weighted by atomic mass is 9.67. The van der Waals surface area contributed by atoms with Crippen LogP contribution in [0.5, 0.6) is 0 Å². The molecule has 17 rings (SSSR count). The summed E-state index contributed by atoms with van der Waals surface area (Å²) >= 11 is 0. The first-order chi connectivity index (χ1) is 44.1. The third kappa shape index (κ3) is 8.46. The molecule has 2 saturated carbocycles. The largest absolute Gasteiger partial charge is 0.454 e. The van der Waals surface area contributed by atoms with E-state index in [0.717, 1.165) is 80.1 Å². The van der Waals surface area contributed by atoms with Crippen molar-refractivity contribution in [2.45, 2.75) is 108 Å². The molecule has 4 heteroatoms. The summed E-state index contributed by atoms with van der Waals surface area (Å²) < 4.78 is 14.9. The average Bonchev–Trinajstić information content (AvgIpc) is 1.56. The highest BCUT2D eigenvalue weighted by Crippen LogP contribution is 2.63. The van der Waals surface area contributed by atoms with Gasteiger partial charge in [-0.05, 0) is 165 Å². The van der Waals surface area contributed by atoms with Crippen LogP contribution in [0, 0.1) is 0 Å². The van der Waals surface area contributed by atoms with Gasteiger partial charge in [-0.15, -0.1) is 0 Å². The molecule has 0 N–H and O–H groups in total. The second kappa shape index (κ2) is 21.9. The van der Waals surface area contributed by atoms with E-state index in [9.17, 15) is 0 Å². The molecule has 2 fully saturated rings. The molecule has 0 unspecified atom stereocenters. The quantitative estimate of drug-likeness (QED) is 0.122. The molecule has 0 atom stereocenters. The van der Waals surface area contributed by atoms with Crippen molar-refractivity contribution >= 4 is 99.5 Å². The number of rotatable bonds is 12. The maximum Gasteiger partial charge on any atom is 0.159 e. The van der Waals surface area contributed by atoms with Crippen molar-refractivity contribution in [3.63, 3.8) is 0 Å². The molecule has 0 bridgehead atoms. The summed E-state index contributed by atoms with van der Waals surface area (Å²) in [6.07, 6.45) is 14.4. The lowest BCUT2D eigenvalue weighted by Crippen LogP contribution is -2.29. The van der Waals surface area contributed by atoms with Crippen LogP contribution < -0.4 is 9.80 Å². The number of nitrogens with zero attached hydrogens (tertiary/aromatic N) is 2. The van der Waals surface area contributed by atoms with E-state index >= 15 is 0 Å². The molecule has 0 saturated heterocycles. The fraction of sp³-hybridized carbons (Fsp3) is 0.200. The van der Waals surface area contributed by atoms with Gasteiger partial charge in [0.1, 0.15) is 11.2 Å². The van der Waals surface area contributed by atoms with Gasteiger partial charge in [-0.25, -0.2) is 0 Å². The topological polar surface area (TPSA) is 32.8 Å². The van der Waals surface area contributed by atoms with E-state index in [-0.39, 0.29) is 0 Å². The van der Waals surface area contributed by atoms with Crippen molar-refractivity contribution in [3.8, 4) is 11.1 Å². The predicted molar refractivity (Wildman–Crippen MR) is 373 cm³/mol. The summed E-state index contributed by atoms with van der Waals surface area (Å²) in [5, 5.41) is 9.39. The molecule has 2 heterocycles. The third-order valence-electron chi connectivity index (χ3n) is 20.8. The Morgan fingerprint density at radius 1 is 0.326 bits per heavy atom. The standard InChI is InChI=1S/C85H72N2O2/c1-3-55-45-49-61(50-46-55)86(75-43-23-41-71-69-39-21-37-63(81(69)88-83(71)75)57-25-9-5-10-26-57)77-53-73-79(67-35-19-17-33-65(67)77)80-68-36-20-18-34-66(68)78(54-74(80)85(73,59-29-13-7-14-30-59)60-31-15-8-16-32-60)87(62-51-47-56(4-2)48-52-62)76-44-24-42-72-70-40-22-38-64(82(70)89-84(72)76)58-27-11-6-12-28-58/h7-8,13-24,29-54,57-58H,3-6,9-12,25-28H2,1-2H3. The molecular formula is C85H72N2O2. The first kappa shape index (κ1) is 53.6. The minimum Gasteiger partial charge on any atom is -0.454 e. The second-order valence-corrected chi connectivity index (χ2v) is 25.6. The molecule has 0 radical (unpaired) electrons. The number of aryl methyl sites for hydroxylation is 2. The summed E-state index contributed by atoms with van der Waals surface area (Å²) in [6, 6.07) is 92.2. The highest BCUT2D eigenvalue weighted by Gasteiger charge is 2.49. The van der Waals surface area contributed by atoms with Gasteiger partial charge >= 0.3 is 0 Å². The highest BCUT2D eigenvalue weighted by molar-refractivity contribution is 6.20. The Kier molecular flexibility index (Phi) is 13.2.